The van der Waals surface area contributed by atoms with Crippen LogP contribution in [0.5, 0.6) is 0 Å². The second-order valence-corrected chi connectivity index (χ2v) is 6.56. The van der Waals surface area contributed by atoms with Crippen molar-refractivity contribution in [1.29, 1.82) is 0 Å². The normalized spacial score (nSPS) is 20.7. The summed E-state index contributed by atoms with van der Waals surface area (Å²) in [6.45, 7) is 3.37. The molecule has 118 valence electrons. The molecule has 0 unspecified atom stereocenters. The number of hydrogen-bond acceptors (Lipinski definition) is 2. The fourth-order valence-electron chi connectivity index (χ4n) is 3.85. The molecule has 1 amide bonds. The van der Waals surface area contributed by atoms with Crippen molar-refractivity contribution in [3.63, 3.8) is 0 Å². The summed E-state index contributed by atoms with van der Waals surface area (Å²) in [4.78, 5) is 17.0. The highest BCUT2D eigenvalue weighted by Crippen LogP contribution is 2.29. The molecule has 0 bridgehead atoms. The van der Waals surface area contributed by atoms with Gasteiger partial charge in [-0.15, -0.1) is 0 Å². The molecule has 0 spiro atoms. The number of anilines is 1. The van der Waals surface area contributed by atoms with Crippen molar-refractivity contribution in [2.75, 3.05) is 31.1 Å². The highest BCUT2D eigenvalue weighted by Gasteiger charge is 2.29. The highest BCUT2D eigenvalue weighted by atomic mass is 16.2. The number of likely N-dealkylation sites (tertiary alicyclic amines) is 1. The molecule has 4 rings (SSSR count). The minimum Gasteiger partial charge on any atom is -0.311 e. The summed E-state index contributed by atoms with van der Waals surface area (Å²) in [6, 6.07) is 18.9. The summed E-state index contributed by atoms with van der Waals surface area (Å²) in [5.74, 6) is 0.804. The fraction of sp³-hybridized carbons (Fsp3) is 0.350. The van der Waals surface area contributed by atoms with Crippen LogP contribution in [0, 0.1) is 0 Å². The van der Waals surface area contributed by atoms with Gasteiger partial charge in [0.15, 0.2) is 0 Å². The molecule has 0 saturated carbocycles. The number of rotatable bonds is 3. The molecule has 2 heterocycles. The molecule has 2 aromatic rings. The summed E-state index contributed by atoms with van der Waals surface area (Å²) in [5.41, 5.74) is 3.80. The Balaban J connectivity index is 1.39. The molecule has 2 aromatic carbocycles. The largest absolute Gasteiger partial charge is 0.311 e. The number of fused-ring (bicyclic) bond motifs is 1. The average Bonchev–Trinajstić information content (AvgIpc) is 3.22. The predicted octanol–water partition coefficient (Wildman–Crippen LogP) is 3.07. The van der Waals surface area contributed by atoms with Gasteiger partial charge >= 0.3 is 0 Å². The van der Waals surface area contributed by atoms with Gasteiger partial charge in [-0.25, -0.2) is 0 Å². The van der Waals surface area contributed by atoms with Crippen LogP contribution in [0.3, 0.4) is 0 Å². The number of hydrogen-bond donors (Lipinski definition) is 0. The van der Waals surface area contributed by atoms with Crippen LogP contribution in [0.25, 0.3) is 0 Å². The van der Waals surface area contributed by atoms with Crippen LogP contribution < -0.4 is 4.90 Å². The van der Waals surface area contributed by atoms with E-state index in [0.29, 0.717) is 12.5 Å². The zero-order valence-electron chi connectivity index (χ0n) is 13.3. The Bertz CT molecular complexity index is 698. The zero-order chi connectivity index (χ0) is 15.6. The van der Waals surface area contributed by atoms with Crippen LogP contribution in [-0.2, 0) is 11.2 Å². The summed E-state index contributed by atoms with van der Waals surface area (Å²) in [5, 5.41) is 0. The van der Waals surface area contributed by atoms with E-state index in [2.05, 4.69) is 53.4 Å². The van der Waals surface area contributed by atoms with Gasteiger partial charge in [-0.1, -0.05) is 48.5 Å². The number of carbonyl (C=O) groups excluding carboxylic acids is 1. The molecule has 1 fully saturated rings. The summed E-state index contributed by atoms with van der Waals surface area (Å²) < 4.78 is 0. The van der Waals surface area contributed by atoms with Gasteiger partial charge in [-0.05, 0) is 42.5 Å². The van der Waals surface area contributed by atoms with E-state index in [0.717, 1.165) is 38.2 Å². The van der Waals surface area contributed by atoms with Gasteiger partial charge < -0.3 is 4.90 Å². The van der Waals surface area contributed by atoms with Crippen LogP contribution in [0.15, 0.2) is 54.6 Å². The molecule has 2 aliphatic rings. The standard InChI is InChI=1S/C20H22N2O/c23-20(22-13-11-17-8-4-5-9-19(17)22)15-21-12-10-18(14-21)16-6-2-1-3-7-16/h1-9,18H,10-15H2/t18-/m0/s1. The summed E-state index contributed by atoms with van der Waals surface area (Å²) in [6.07, 6.45) is 2.13. The topological polar surface area (TPSA) is 23.6 Å². The summed E-state index contributed by atoms with van der Waals surface area (Å²) >= 11 is 0. The van der Waals surface area contributed by atoms with E-state index in [1.165, 1.54) is 11.1 Å². The van der Waals surface area contributed by atoms with Crippen molar-refractivity contribution in [2.45, 2.75) is 18.8 Å². The highest BCUT2D eigenvalue weighted by molar-refractivity contribution is 5.96. The molecule has 0 aromatic heterocycles. The quantitative estimate of drug-likeness (QED) is 0.870. The number of para-hydroxylation sites is 1. The van der Waals surface area contributed by atoms with Crippen LogP contribution in [0.2, 0.25) is 0 Å². The molecule has 0 N–H and O–H groups in total. The third kappa shape index (κ3) is 2.89. The van der Waals surface area contributed by atoms with Gasteiger partial charge in [0.05, 0.1) is 6.54 Å². The van der Waals surface area contributed by atoms with E-state index in [9.17, 15) is 4.79 Å². The van der Waals surface area contributed by atoms with E-state index in [1.54, 1.807) is 0 Å². The van der Waals surface area contributed by atoms with Crippen molar-refractivity contribution in [3.8, 4) is 0 Å². The molecule has 23 heavy (non-hydrogen) atoms. The zero-order valence-corrected chi connectivity index (χ0v) is 13.3. The second kappa shape index (κ2) is 6.17. The van der Waals surface area contributed by atoms with Crippen molar-refractivity contribution in [1.82, 2.24) is 4.90 Å². The molecular weight excluding hydrogens is 284 g/mol. The van der Waals surface area contributed by atoms with E-state index in [4.69, 9.17) is 0 Å². The Kier molecular flexibility index (Phi) is 3.88. The van der Waals surface area contributed by atoms with Crippen molar-refractivity contribution < 1.29 is 4.79 Å². The first-order chi connectivity index (χ1) is 11.3. The fourth-order valence-corrected chi connectivity index (χ4v) is 3.85. The number of benzene rings is 2. The first kappa shape index (κ1) is 14.5. The maximum absolute atomic E-state index is 12.7. The molecule has 3 nitrogen and oxygen atoms in total. The van der Waals surface area contributed by atoms with Crippen molar-refractivity contribution in [2.24, 2.45) is 0 Å². The van der Waals surface area contributed by atoms with Crippen LogP contribution in [-0.4, -0.2) is 37.0 Å². The molecule has 0 aliphatic carbocycles. The maximum Gasteiger partial charge on any atom is 0.241 e. The molecule has 1 atom stereocenters. The van der Waals surface area contributed by atoms with Gasteiger partial charge in [0.2, 0.25) is 5.91 Å². The SMILES string of the molecule is O=C(CN1CC[C@H](c2ccccc2)C1)N1CCc2ccccc21. The van der Waals surface area contributed by atoms with Gasteiger partial charge in [0, 0.05) is 18.8 Å². The Morgan fingerprint density at radius 3 is 2.65 bits per heavy atom. The average molecular weight is 306 g/mol. The lowest BCUT2D eigenvalue weighted by Crippen LogP contribution is -2.38. The van der Waals surface area contributed by atoms with Crippen molar-refractivity contribution in [3.05, 3.63) is 65.7 Å². The third-order valence-electron chi connectivity index (χ3n) is 5.09. The second-order valence-electron chi connectivity index (χ2n) is 6.56. The van der Waals surface area contributed by atoms with Crippen LogP contribution in [0.1, 0.15) is 23.5 Å². The van der Waals surface area contributed by atoms with Crippen molar-refractivity contribution >= 4 is 11.6 Å². The molecule has 0 radical (unpaired) electrons. The predicted molar refractivity (Wildman–Crippen MR) is 92.7 cm³/mol. The number of amides is 1. The first-order valence-corrected chi connectivity index (χ1v) is 8.47. The van der Waals surface area contributed by atoms with E-state index in [-0.39, 0.29) is 5.91 Å². The minimum absolute atomic E-state index is 0.240. The Labute approximate surface area is 137 Å². The molecule has 2 aliphatic heterocycles. The molecule has 3 heteroatoms. The van der Waals surface area contributed by atoms with Gasteiger partial charge in [-0.2, -0.15) is 0 Å². The van der Waals surface area contributed by atoms with Crippen LogP contribution >= 0.6 is 0 Å². The van der Waals surface area contributed by atoms with Gasteiger partial charge in [0.25, 0.3) is 0 Å². The minimum atomic E-state index is 0.240. The van der Waals surface area contributed by atoms with E-state index >= 15 is 0 Å². The summed E-state index contributed by atoms with van der Waals surface area (Å²) in [7, 11) is 0. The smallest absolute Gasteiger partial charge is 0.241 e. The Morgan fingerprint density at radius 2 is 1.78 bits per heavy atom. The molecule has 1 saturated heterocycles. The molecular formula is C20H22N2O. The Morgan fingerprint density at radius 1 is 1.00 bits per heavy atom. The van der Waals surface area contributed by atoms with Gasteiger partial charge in [-0.3, -0.25) is 9.69 Å². The maximum atomic E-state index is 12.7. The van der Waals surface area contributed by atoms with Crippen LogP contribution in [0.4, 0.5) is 5.69 Å². The third-order valence-corrected chi connectivity index (χ3v) is 5.09. The van der Waals surface area contributed by atoms with E-state index in [1.807, 2.05) is 11.0 Å². The number of nitrogens with zero attached hydrogens (tertiary/aromatic N) is 2. The lowest BCUT2D eigenvalue weighted by Gasteiger charge is -2.22. The lowest BCUT2D eigenvalue weighted by atomic mass is 9.99. The first-order valence-electron chi connectivity index (χ1n) is 8.47. The lowest BCUT2D eigenvalue weighted by molar-refractivity contribution is -0.119. The Hall–Kier alpha value is -2.13. The monoisotopic (exact) mass is 306 g/mol. The number of carbonyl (C=O) groups is 1. The van der Waals surface area contributed by atoms with E-state index < -0.39 is 0 Å². The van der Waals surface area contributed by atoms with Gasteiger partial charge in [0.1, 0.15) is 0 Å².